The van der Waals surface area contributed by atoms with Crippen LogP contribution in [0.5, 0.6) is 0 Å². The Morgan fingerprint density at radius 1 is 0.970 bits per heavy atom. The molecule has 4 rings (SSSR count). The fourth-order valence-corrected chi connectivity index (χ4v) is 3.71. The Kier molecular flexibility index (Phi) is 6.24. The Labute approximate surface area is 190 Å². The molecular formula is C26H23FN2O4. The average Bonchev–Trinajstić information content (AvgIpc) is 3.22. The fraction of sp³-hybridized carbons (Fsp3) is 0.154. The van der Waals surface area contributed by atoms with Crippen LogP contribution in [-0.4, -0.2) is 49.1 Å². The summed E-state index contributed by atoms with van der Waals surface area (Å²) in [7, 11) is 3.18. The van der Waals surface area contributed by atoms with Gasteiger partial charge in [-0.25, -0.2) is 4.39 Å². The Morgan fingerprint density at radius 2 is 1.61 bits per heavy atom. The molecule has 2 N–H and O–H groups in total. The molecule has 0 aliphatic carbocycles. The van der Waals surface area contributed by atoms with Gasteiger partial charge >= 0.3 is 0 Å². The monoisotopic (exact) mass is 446 g/mol. The topological polar surface area (TPSA) is 82.8 Å². The zero-order chi connectivity index (χ0) is 23.5. The SMILES string of the molecule is CNC(=O)c1c(-c2ccc(F)cc2)oc2ccc(-c3ccc(C(=O)N(C)CCO)cc3)cc12. The van der Waals surface area contributed by atoms with Crippen LogP contribution < -0.4 is 5.32 Å². The lowest BCUT2D eigenvalue weighted by Gasteiger charge is -2.15. The molecule has 0 bridgehead atoms. The molecule has 168 valence electrons. The molecule has 33 heavy (non-hydrogen) atoms. The van der Waals surface area contributed by atoms with Gasteiger partial charge in [0.2, 0.25) is 0 Å². The second kappa shape index (κ2) is 9.26. The molecule has 1 aromatic heterocycles. The van der Waals surface area contributed by atoms with Gasteiger partial charge in [0, 0.05) is 37.2 Å². The van der Waals surface area contributed by atoms with Crippen molar-refractivity contribution in [2.75, 3.05) is 27.2 Å². The van der Waals surface area contributed by atoms with Crippen molar-refractivity contribution in [1.82, 2.24) is 10.2 Å². The minimum atomic E-state index is -0.372. The van der Waals surface area contributed by atoms with Gasteiger partial charge in [0.15, 0.2) is 0 Å². The van der Waals surface area contributed by atoms with Gasteiger partial charge in [-0.2, -0.15) is 0 Å². The van der Waals surface area contributed by atoms with Crippen LogP contribution in [-0.2, 0) is 0 Å². The van der Waals surface area contributed by atoms with Crippen molar-refractivity contribution >= 4 is 22.8 Å². The van der Waals surface area contributed by atoms with E-state index in [0.29, 0.717) is 33.4 Å². The highest BCUT2D eigenvalue weighted by Gasteiger charge is 2.22. The lowest BCUT2D eigenvalue weighted by atomic mass is 9.99. The van der Waals surface area contributed by atoms with E-state index in [2.05, 4.69) is 5.32 Å². The summed E-state index contributed by atoms with van der Waals surface area (Å²) in [6.07, 6.45) is 0. The molecule has 1 heterocycles. The van der Waals surface area contributed by atoms with Gasteiger partial charge in [-0.3, -0.25) is 9.59 Å². The Balaban J connectivity index is 1.75. The number of benzene rings is 3. The predicted octanol–water partition coefficient (Wildman–Crippen LogP) is 4.33. The van der Waals surface area contributed by atoms with E-state index >= 15 is 0 Å². The van der Waals surface area contributed by atoms with Crippen molar-refractivity contribution in [1.29, 1.82) is 0 Å². The van der Waals surface area contributed by atoms with Crippen molar-refractivity contribution in [3.05, 3.63) is 83.7 Å². The second-order valence-corrected chi connectivity index (χ2v) is 7.63. The number of nitrogens with zero attached hydrogens (tertiary/aromatic N) is 1. The minimum absolute atomic E-state index is 0.0986. The van der Waals surface area contributed by atoms with Crippen molar-refractivity contribution < 1.29 is 23.5 Å². The number of halogens is 1. The van der Waals surface area contributed by atoms with Crippen LogP contribution in [0.15, 0.2) is 71.1 Å². The van der Waals surface area contributed by atoms with E-state index in [4.69, 9.17) is 9.52 Å². The van der Waals surface area contributed by atoms with Crippen molar-refractivity contribution in [3.8, 4) is 22.5 Å². The summed E-state index contributed by atoms with van der Waals surface area (Å²) in [5.74, 6) is -0.484. The van der Waals surface area contributed by atoms with E-state index in [-0.39, 0.29) is 30.8 Å². The lowest BCUT2D eigenvalue weighted by Crippen LogP contribution is -2.29. The van der Waals surface area contributed by atoms with Gasteiger partial charge in [-0.05, 0) is 59.7 Å². The third-order valence-corrected chi connectivity index (χ3v) is 5.50. The molecule has 0 saturated heterocycles. The Morgan fingerprint density at radius 3 is 2.24 bits per heavy atom. The molecule has 4 aromatic rings. The number of aliphatic hydroxyl groups is 1. The molecule has 0 aliphatic heterocycles. The molecule has 7 heteroatoms. The maximum atomic E-state index is 13.4. The van der Waals surface area contributed by atoms with Gasteiger partial charge in [-0.1, -0.05) is 18.2 Å². The van der Waals surface area contributed by atoms with E-state index in [1.807, 2.05) is 24.3 Å². The van der Waals surface area contributed by atoms with Crippen LogP contribution in [0.2, 0.25) is 0 Å². The average molecular weight is 446 g/mol. The number of hydrogen-bond acceptors (Lipinski definition) is 4. The molecule has 2 amide bonds. The molecule has 3 aromatic carbocycles. The van der Waals surface area contributed by atoms with Gasteiger partial charge in [0.1, 0.15) is 17.2 Å². The molecule has 0 unspecified atom stereocenters. The van der Waals surface area contributed by atoms with Gasteiger partial charge in [0.25, 0.3) is 11.8 Å². The summed E-state index contributed by atoms with van der Waals surface area (Å²) in [5, 5.41) is 12.3. The Bertz CT molecular complexity index is 1310. The van der Waals surface area contributed by atoms with Crippen molar-refractivity contribution in [2.24, 2.45) is 0 Å². The summed E-state index contributed by atoms with van der Waals surface area (Å²) in [6.45, 7) is 0.162. The van der Waals surface area contributed by atoms with Crippen molar-refractivity contribution in [3.63, 3.8) is 0 Å². The molecule has 0 fully saturated rings. The Hall–Kier alpha value is -3.97. The molecule has 0 aliphatic rings. The second-order valence-electron chi connectivity index (χ2n) is 7.63. The zero-order valence-electron chi connectivity index (χ0n) is 18.3. The van der Waals surface area contributed by atoms with Crippen LogP contribution >= 0.6 is 0 Å². The highest BCUT2D eigenvalue weighted by Crippen LogP contribution is 2.36. The zero-order valence-corrected chi connectivity index (χ0v) is 18.3. The summed E-state index contributed by atoms with van der Waals surface area (Å²) in [4.78, 5) is 26.6. The summed E-state index contributed by atoms with van der Waals surface area (Å²) >= 11 is 0. The third-order valence-electron chi connectivity index (χ3n) is 5.50. The van der Waals surface area contributed by atoms with Gasteiger partial charge in [-0.15, -0.1) is 0 Å². The summed E-state index contributed by atoms with van der Waals surface area (Å²) in [6, 6.07) is 18.5. The maximum Gasteiger partial charge on any atom is 0.255 e. The van der Waals surface area contributed by atoms with Crippen LogP contribution in [0, 0.1) is 5.82 Å². The highest BCUT2D eigenvalue weighted by molar-refractivity contribution is 6.11. The summed E-state index contributed by atoms with van der Waals surface area (Å²) < 4.78 is 19.4. The highest BCUT2D eigenvalue weighted by atomic mass is 19.1. The molecule has 6 nitrogen and oxygen atoms in total. The van der Waals surface area contributed by atoms with Gasteiger partial charge < -0.3 is 19.7 Å². The van der Waals surface area contributed by atoms with E-state index < -0.39 is 0 Å². The van der Waals surface area contributed by atoms with Crippen molar-refractivity contribution in [2.45, 2.75) is 0 Å². The number of aliphatic hydroxyl groups excluding tert-OH is 1. The van der Waals surface area contributed by atoms with Gasteiger partial charge in [0.05, 0.1) is 12.2 Å². The predicted molar refractivity (Wildman–Crippen MR) is 124 cm³/mol. The van der Waals surface area contributed by atoms with E-state index in [1.54, 1.807) is 44.4 Å². The number of amides is 2. The first-order chi connectivity index (χ1) is 15.9. The van der Waals surface area contributed by atoms with Crippen LogP contribution in [0.3, 0.4) is 0 Å². The maximum absolute atomic E-state index is 13.4. The number of likely N-dealkylation sites (N-methyl/N-ethyl adjacent to an activating group) is 1. The van der Waals surface area contributed by atoms with Crippen LogP contribution in [0.25, 0.3) is 33.4 Å². The van der Waals surface area contributed by atoms with Crippen LogP contribution in [0.1, 0.15) is 20.7 Å². The van der Waals surface area contributed by atoms with Crippen LogP contribution in [0.4, 0.5) is 4.39 Å². The van der Waals surface area contributed by atoms with E-state index in [1.165, 1.54) is 17.0 Å². The van der Waals surface area contributed by atoms with E-state index in [9.17, 15) is 14.0 Å². The minimum Gasteiger partial charge on any atom is -0.455 e. The number of carbonyl (C=O) groups is 2. The largest absolute Gasteiger partial charge is 0.455 e. The molecular weight excluding hydrogens is 423 g/mol. The fourth-order valence-electron chi connectivity index (χ4n) is 3.71. The first-order valence-corrected chi connectivity index (χ1v) is 10.4. The number of hydrogen-bond donors (Lipinski definition) is 2. The summed E-state index contributed by atoms with van der Waals surface area (Å²) in [5.41, 5.74) is 3.74. The lowest BCUT2D eigenvalue weighted by molar-refractivity contribution is 0.0766. The number of furan rings is 1. The van der Waals surface area contributed by atoms with E-state index in [0.717, 1.165) is 11.1 Å². The number of rotatable bonds is 6. The molecule has 0 spiro atoms. The standard InChI is InChI=1S/C26H23FN2O4/c1-28-25(31)23-21-15-19(16-3-5-18(6-4-16)26(32)29(2)13-14-30)9-12-22(21)33-24(23)17-7-10-20(27)11-8-17/h3-12,15,30H,13-14H2,1-2H3,(H,28,31). The number of fused-ring (bicyclic) bond motifs is 1. The first-order valence-electron chi connectivity index (χ1n) is 10.4. The quantitative estimate of drug-likeness (QED) is 0.462. The number of carbonyl (C=O) groups excluding carboxylic acids is 2. The smallest absolute Gasteiger partial charge is 0.255 e. The third kappa shape index (κ3) is 4.36. The molecule has 0 radical (unpaired) electrons. The first kappa shape index (κ1) is 22.2. The molecule has 0 saturated carbocycles. The molecule has 0 atom stereocenters. The number of nitrogens with one attached hydrogen (secondary N) is 1. The normalized spacial score (nSPS) is 10.9.